The molecule has 2 rings (SSSR count). The van der Waals surface area contributed by atoms with E-state index in [1.54, 1.807) is 18.2 Å². The third-order valence-electron chi connectivity index (χ3n) is 2.38. The van der Waals surface area contributed by atoms with E-state index in [9.17, 15) is 9.59 Å². The van der Waals surface area contributed by atoms with Crippen LogP contribution in [0.2, 0.25) is 0 Å². The highest BCUT2D eigenvalue weighted by molar-refractivity contribution is 7.11. The van der Waals surface area contributed by atoms with E-state index in [4.69, 9.17) is 0 Å². The van der Waals surface area contributed by atoms with Crippen LogP contribution < -0.4 is 10.7 Å². The normalized spacial score (nSPS) is 10.4. The van der Waals surface area contributed by atoms with Crippen LogP contribution in [0.3, 0.4) is 0 Å². The fourth-order valence-electron chi connectivity index (χ4n) is 1.48. The molecule has 1 heterocycles. The van der Waals surface area contributed by atoms with Crippen LogP contribution in [-0.4, -0.2) is 18.0 Å². The first-order valence-corrected chi connectivity index (χ1v) is 6.77. The minimum Gasteiger partial charge on any atom is -0.318 e. The van der Waals surface area contributed by atoms with Crippen molar-refractivity contribution in [2.24, 2.45) is 5.10 Å². The summed E-state index contributed by atoms with van der Waals surface area (Å²) in [7, 11) is 0. The molecule has 102 valence electrons. The van der Waals surface area contributed by atoms with Crippen molar-refractivity contribution in [3.05, 3.63) is 52.2 Å². The molecule has 0 atom stereocenters. The Morgan fingerprint density at radius 2 is 2.05 bits per heavy atom. The molecule has 0 unspecified atom stereocenters. The molecule has 0 bridgehead atoms. The van der Waals surface area contributed by atoms with Crippen molar-refractivity contribution in [2.45, 2.75) is 6.92 Å². The van der Waals surface area contributed by atoms with Crippen molar-refractivity contribution in [1.29, 1.82) is 0 Å². The van der Waals surface area contributed by atoms with E-state index < -0.39 is 11.8 Å². The highest BCUT2D eigenvalue weighted by Crippen LogP contribution is 2.09. The number of nitrogens with one attached hydrogen (secondary N) is 2. The van der Waals surface area contributed by atoms with E-state index in [0.29, 0.717) is 5.69 Å². The van der Waals surface area contributed by atoms with E-state index in [1.807, 2.05) is 30.5 Å². The summed E-state index contributed by atoms with van der Waals surface area (Å²) in [6, 6.07) is 10.9. The molecule has 0 fully saturated rings. The van der Waals surface area contributed by atoms with Gasteiger partial charge in [0.1, 0.15) is 0 Å². The molecule has 1 aromatic carbocycles. The zero-order valence-electron chi connectivity index (χ0n) is 10.8. The average molecular weight is 287 g/mol. The average Bonchev–Trinajstić information content (AvgIpc) is 2.91. The zero-order chi connectivity index (χ0) is 14.4. The fourth-order valence-corrected chi connectivity index (χ4v) is 2.07. The Kier molecular flexibility index (Phi) is 4.62. The van der Waals surface area contributed by atoms with Gasteiger partial charge in [-0.1, -0.05) is 18.2 Å². The number of rotatable bonds is 3. The Morgan fingerprint density at radius 3 is 2.75 bits per heavy atom. The summed E-state index contributed by atoms with van der Waals surface area (Å²) in [6.07, 6.45) is 1.49. The number of amides is 2. The quantitative estimate of drug-likeness (QED) is 0.516. The minimum atomic E-state index is -0.806. The summed E-state index contributed by atoms with van der Waals surface area (Å²) in [5, 5.41) is 8.12. The Labute approximate surface area is 120 Å². The lowest BCUT2D eigenvalue weighted by atomic mass is 10.2. The van der Waals surface area contributed by atoms with E-state index in [2.05, 4.69) is 15.8 Å². The summed E-state index contributed by atoms with van der Waals surface area (Å²) in [6.45, 7) is 1.90. The van der Waals surface area contributed by atoms with Gasteiger partial charge >= 0.3 is 11.8 Å². The standard InChI is InChI=1S/C14H13N3O2S/c1-10-4-2-5-11(8-10)16-13(18)14(19)17-15-9-12-6-3-7-20-12/h2-9H,1H3,(H,16,18)(H,17,19)/b15-9-. The second-order valence-corrected chi connectivity index (χ2v) is 5.02. The van der Waals surface area contributed by atoms with Gasteiger partial charge < -0.3 is 5.32 Å². The van der Waals surface area contributed by atoms with Crippen molar-refractivity contribution in [2.75, 3.05) is 5.32 Å². The molecule has 2 amide bonds. The molecular formula is C14H13N3O2S. The highest BCUT2D eigenvalue weighted by Gasteiger charge is 2.12. The third kappa shape index (κ3) is 4.03. The van der Waals surface area contributed by atoms with Crippen LogP contribution in [0, 0.1) is 6.92 Å². The number of hydrogen-bond acceptors (Lipinski definition) is 4. The van der Waals surface area contributed by atoms with Gasteiger partial charge in [0.2, 0.25) is 0 Å². The van der Waals surface area contributed by atoms with Crippen molar-refractivity contribution in [3.63, 3.8) is 0 Å². The maximum Gasteiger partial charge on any atom is 0.329 e. The second kappa shape index (κ2) is 6.63. The maximum absolute atomic E-state index is 11.6. The maximum atomic E-state index is 11.6. The zero-order valence-corrected chi connectivity index (χ0v) is 11.6. The second-order valence-electron chi connectivity index (χ2n) is 4.04. The number of nitrogens with zero attached hydrogens (tertiary/aromatic N) is 1. The molecule has 0 radical (unpaired) electrons. The van der Waals surface area contributed by atoms with Crippen LogP contribution >= 0.6 is 11.3 Å². The molecule has 2 aromatic rings. The number of carbonyl (C=O) groups excluding carboxylic acids is 2. The first kappa shape index (κ1) is 14.0. The van der Waals surface area contributed by atoms with Crippen molar-refractivity contribution in [3.8, 4) is 0 Å². The third-order valence-corrected chi connectivity index (χ3v) is 3.19. The van der Waals surface area contributed by atoms with Gasteiger partial charge in [0.25, 0.3) is 0 Å². The minimum absolute atomic E-state index is 0.576. The number of thiophene rings is 1. The predicted octanol–water partition coefficient (Wildman–Crippen LogP) is 2.15. The summed E-state index contributed by atoms with van der Waals surface area (Å²) in [5.41, 5.74) is 3.76. The van der Waals surface area contributed by atoms with Gasteiger partial charge in [-0.25, -0.2) is 5.43 Å². The van der Waals surface area contributed by atoms with Gasteiger partial charge in [-0.15, -0.1) is 11.3 Å². The lowest BCUT2D eigenvalue weighted by Gasteiger charge is -2.04. The summed E-state index contributed by atoms with van der Waals surface area (Å²) < 4.78 is 0. The molecule has 0 saturated carbocycles. The molecule has 0 aliphatic heterocycles. The lowest BCUT2D eigenvalue weighted by Crippen LogP contribution is -2.32. The Hall–Kier alpha value is -2.47. The molecular weight excluding hydrogens is 274 g/mol. The van der Waals surface area contributed by atoms with Crippen molar-refractivity contribution < 1.29 is 9.59 Å². The molecule has 1 aromatic heterocycles. The molecule has 5 nitrogen and oxygen atoms in total. The van der Waals surface area contributed by atoms with Crippen LogP contribution in [0.4, 0.5) is 5.69 Å². The largest absolute Gasteiger partial charge is 0.329 e. The summed E-state index contributed by atoms with van der Waals surface area (Å²) >= 11 is 1.49. The first-order valence-electron chi connectivity index (χ1n) is 5.90. The summed E-state index contributed by atoms with van der Waals surface area (Å²) in [4.78, 5) is 24.0. The molecule has 0 aliphatic rings. The predicted molar refractivity (Wildman–Crippen MR) is 79.9 cm³/mol. The van der Waals surface area contributed by atoms with E-state index >= 15 is 0 Å². The fraction of sp³-hybridized carbons (Fsp3) is 0.0714. The van der Waals surface area contributed by atoms with Gasteiger partial charge in [0.15, 0.2) is 0 Å². The Morgan fingerprint density at radius 1 is 1.20 bits per heavy atom. The number of carbonyl (C=O) groups is 2. The van der Waals surface area contributed by atoms with E-state index in [-0.39, 0.29) is 0 Å². The lowest BCUT2D eigenvalue weighted by molar-refractivity contribution is -0.136. The highest BCUT2D eigenvalue weighted by atomic mass is 32.1. The Balaban J connectivity index is 1.87. The van der Waals surface area contributed by atoms with Crippen LogP contribution in [-0.2, 0) is 9.59 Å². The van der Waals surface area contributed by atoms with Crippen LogP contribution in [0.5, 0.6) is 0 Å². The number of hydrogen-bond donors (Lipinski definition) is 2. The monoisotopic (exact) mass is 287 g/mol. The first-order chi connectivity index (χ1) is 9.65. The number of hydrazone groups is 1. The number of anilines is 1. The number of aryl methyl sites for hydroxylation is 1. The molecule has 0 spiro atoms. The van der Waals surface area contributed by atoms with Gasteiger partial charge in [0, 0.05) is 10.6 Å². The molecule has 0 aliphatic carbocycles. The van der Waals surface area contributed by atoms with E-state index in [0.717, 1.165) is 10.4 Å². The molecule has 20 heavy (non-hydrogen) atoms. The van der Waals surface area contributed by atoms with Crippen LogP contribution in [0.25, 0.3) is 0 Å². The SMILES string of the molecule is Cc1cccc(NC(=O)C(=O)N/N=C\c2cccs2)c1. The van der Waals surface area contributed by atoms with Crippen LogP contribution in [0.15, 0.2) is 46.9 Å². The van der Waals surface area contributed by atoms with Crippen molar-refractivity contribution >= 4 is 35.1 Å². The van der Waals surface area contributed by atoms with Gasteiger partial charge in [-0.2, -0.15) is 5.10 Å². The smallest absolute Gasteiger partial charge is 0.318 e. The van der Waals surface area contributed by atoms with Gasteiger partial charge in [-0.3, -0.25) is 9.59 Å². The van der Waals surface area contributed by atoms with Crippen LogP contribution in [0.1, 0.15) is 10.4 Å². The van der Waals surface area contributed by atoms with E-state index in [1.165, 1.54) is 17.6 Å². The molecule has 6 heteroatoms. The topological polar surface area (TPSA) is 70.6 Å². The number of benzene rings is 1. The Bertz CT molecular complexity index is 636. The molecule has 0 saturated heterocycles. The van der Waals surface area contributed by atoms with Gasteiger partial charge in [0.05, 0.1) is 6.21 Å². The molecule has 2 N–H and O–H groups in total. The van der Waals surface area contributed by atoms with Gasteiger partial charge in [-0.05, 0) is 36.1 Å². The van der Waals surface area contributed by atoms with Crippen molar-refractivity contribution in [1.82, 2.24) is 5.43 Å². The summed E-state index contributed by atoms with van der Waals surface area (Å²) in [5.74, 6) is -1.56.